The van der Waals surface area contributed by atoms with Crippen molar-refractivity contribution in [2.24, 2.45) is 5.10 Å². The molecule has 0 unspecified atom stereocenters. The number of aromatic nitrogens is 4. The zero-order valence-corrected chi connectivity index (χ0v) is 12.7. The molecule has 0 amide bonds. The Labute approximate surface area is 136 Å². The van der Waals surface area contributed by atoms with Crippen molar-refractivity contribution in [1.82, 2.24) is 19.4 Å². The standard InChI is InChI=1S/C14H14N8O2/c1-10-17-19-14(21(10)15)18-16-8-11-6-7-20(9-11)12-2-4-13(5-3-12)22(23)24/h2-9H,15H2,1H3,(H,18,19). The van der Waals surface area contributed by atoms with Crippen LogP contribution in [0.1, 0.15) is 11.4 Å². The van der Waals surface area contributed by atoms with Crippen LogP contribution in [0.2, 0.25) is 0 Å². The first-order valence-electron chi connectivity index (χ1n) is 6.93. The number of hydrogen-bond acceptors (Lipinski definition) is 7. The Bertz CT molecular complexity index is 894. The predicted octanol–water partition coefficient (Wildman–Crippen LogP) is 1.45. The molecule has 0 atom stereocenters. The first-order valence-corrected chi connectivity index (χ1v) is 6.93. The van der Waals surface area contributed by atoms with E-state index in [4.69, 9.17) is 5.84 Å². The van der Waals surface area contributed by atoms with Crippen molar-refractivity contribution in [2.75, 3.05) is 11.3 Å². The maximum Gasteiger partial charge on any atom is 0.269 e. The van der Waals surface area contributed by atoms with Crippen LogP contribution in [0, 0.1) is 17.0 Å². The number of nitro groups is 1. The van der Waals surface area contributed by atoms with Crippen LogP contribution in [0.3, 0.4) is 0 Å². The lowest BCUT2D eigenvalue weighted by atomic mass is 10.3. The molecule has 0 aliphatic carbocycles. The number of aryl methyl sites for hydroxylation is 1. The molecule has 0 aliphatic heterocycles. The van der Waals surface area contributed by atoms with E-state index in [1.807, 2.05) is 23.0 Å². The second-order valence-corrected chi connectivity index (χ2v) is 4.94. The van der Waals surface area contributed by atoms with Crippen LogP contribution < -0.4 is 11.3 Å². The minimum absolute atomic E-state index is 0.0538. The van der Waals surface area contributed by atoms with E-state index in [1.54, 1.807) is 25.3 Å². The van der Waals surface area contributed by atoms with Gasteiger partial charge in [0.15, 0.2) is 5.82 Å². The molecule has 0 saturated heterocycles. The van der Waals surface area contributed by atoms with Gasteiger partial charge in [-0.05, 0) is 25.1 Å². The van der Waals surface area contributed by atoms with Gasteiger partial charge in [-0.3, -0.25) is 10.1 Å². The van der Waals surface area contributed by atoms with Crippen molar-refractivity contribution < 1.29 is 4.92 Å². The number of rotatable bonds is 5. The Morgan fingerprint density at radius 1 is 1.29 bits per heavy atom. The number of nitrogen functional groups attached to an aromatic ring is 1. The fourth-order valence-corrected chi connectivity index (χ4v) is 2.01. The van der Waals surface area contributed by atoms with Gasteiger partial charge in [0.1, 0.15) is 0 Å². The molecule has 0 fully saturated rings. The normalized spacial score (nSPS) is 11.0. The van der Waals surface area contributed by atoms with Crippen molar-refractivity contribution >= 4 is 17.9 Å². The summed E-state index contributed by atoms with van der Waals surface area (Å²) in [5.74, 6) is 6.60. The molecule has 0 aliphatic rings. The van der Waals surface area contributed by atoms with Gasteiger partial charge in [-0.15, -0.1) is 10.2 Å². The molecule has 3 aromatic rings. The monoisotopic (exact) mass is 326 g/mol. The summed E-state index contributed by atoms with van der Waals surface area (Å²) in [6.45, 7) is 1.73. The first kappa shape index (κ1) is 15.2. The van der Waals surface area contributed by atoms with Gasteiger partial charge < -0.3 is 10.4 Å². The van der Waals surface area contributed by atoms with E-state index in [1.165, 1.54) is 16.8 Å². The van der Waals surface area contributed by atoms with E-state index in [2.05, 4.69) is 20.7 Å². The van der Waals surface area contributed by atoms with Crippen LogP contribution in [0.5, 0.6) is 0 Å². The van der Waals surface area contributed by atoms with Crippen molar-refractivity contribution in [1.29, 1.82) is 0 Å². The molecule has 0 spiro atoms. The summed E-state index contributed by atoms with van der Waals surface area (Å²) in [4.78, 5) is 10.2. The number of hydrazone groups is 1. The number of benzene rings is 1. The van der Waals surface area contributed by atoms with Gasteiger partial charge in [0.05, 0.1) is 11.1 Å². The molecular formula is C14H14N8O2. The number of nitrogens with zero attached hydrogens (tertiary/aromatic N) is 6. The van der Waals surface area contributed by atoms with Crippen LogP contribution in [-0.2, 0) is 0 Å². The van der Waals surface area contributed by atoms with E-state index in [9.17, 15) is 10.1 Å². The highest BCUT2D eigenvalue weighted by molar-refractivity contribution is 5.80. The molecule has 24 heavy (non-hydrogen) atoms. The number of nitrogens with two attached hydrogens (primary N) is 1. The summed E-state index contributed by atoms with van der Waals surface area (Å²) in [6, 6.07) is 8.13. The van der Waals surface area contributed by atoms with Crippen molar-refractivity contribution in [3.63, 3.8) is 0 Å². The van der Waals surface area contributed by atoms with Crippen LogP contribution in [-0.4, -0.2) is 30.6 Å². The fourth-order valence-electron chi connectivity index (χ4n) is 2.01. The van der Waals surface area contributed by atoms with Crippen LogP contribution >= 0.6 is 0 Å². The summed E-state index contributed by atoms with van der Waals surface area (Å²) >= 11 is 0. The van der Waals surface area contributed by atoms with Gasteiger partial charge in [0, 0.05) is 35.8 Å². The zero-order chi connectivity index (χ0) is 17.1. The van der Waals surface area contributed by atoms with Gasteiger partial charge in [0.2, 0.25) is 0 Å². The van der Waals surface area contributed by atoms with Crippen molar-refractivity contribution in [3.8, 4) is 5.69 Å². The number of anilines is 1. The third-order valence-electron chi connectivity index (χ3n) is 3.32. The number of nitrogens with one attached hydrogen (secondary N) is 1. The van der Waals surface area contributed by atoms with E-state index in [0.29, 0.717) is 11.8 Å². The highest BCUT2D eigenvalue weighted by Gasteiger charge is 2.05. The number of nitro benzene ring substituents is 1. The Morgan fingerprint density at radius 2 is 2.04 bits per heavy atom. The molecular weight excluding hydrogens is 312 g/mol. The lowest BCUT2D eigenvalue weighted by Crippen LogP contribution is -2.13. The Balaban J connectivity index is 1.70. The third kappa shape index (κ3) is 3.06. The Morgan fingerprint density at radius 3 is 2.67 bits per heavy atom. The first-order chi connectivity index (χ1) is 11.5. The lowest BCUT2D eigenvalue weighted by molar-refractivity contribution is -0.384. The summed E-state index contributed by atoms with van der Waals surface area (Å²) in [7, 11) is 0. The molecule has 2 heterocycles. The van der Waals surface area contributed by atoms with Crippen molar-refractivity contribution in [2.45, 2.75) is 6.92 Å². The van der Waals surface area contributed by atoms with Crippen molar-refractivity contribution in [3.05, 3.63) is 64.2 Å². The molecule has 10 heteroatoms. The van der Waals surface area contributed by atoms with Gasteiger partial charge in [-0.1, -0.05) is 0 Å². The molecule has 0 radical (unpaired) electrons. The van der Waals surface area contributed by atoms with E-state index >= 15 is 0 Å². The SMILES string of the molecule is Cc1nnc(NN=Cc2ccn(-c3ccc([N+](=O)[O-])cc3)c2)n1N. The third-order valence-corrected chi connectivity index (χ3v) is 3.32. The van der Waals surface area contributed by atoms with Gasteiger partial charge in [0.25, 0.3) is 11.6 Å². The second-order valence-electron chi connectivity index (χ2n) is 4.94. The maximum absolute atomic E-state index is 10.7. The molecule has 3 rings (SSSR count). The lowest BCUT2D eigenvalue weighted by Gasteiger charge is -2.01. The summed E-state index contributed by atoms with van der Waals surface area (Å²) in [6.07, 6.45) is 5.27. The van der Waals surface area contributed by atoms with Gasteiger partial charge >= 0.3 is 0 Å². The number of non-ortho nitro benzene ring substituents is 1. The molecule has 1 aromatic carbocycles. The smallest absolute Gasteiger partial charge is 0.269 e. The molecule has 0 bridgehead atoms. The average molecular weight is 326 g/mol. The summed E-state index contributed by atoms with van der Waals surface area (Å²) in [5, 5.41) is 22.3. The average Bonchev–Trinajstić information content (AvgIpc) is 3.17. The highest BCUT2D eigenvalue weighted by Crippen LogP contribution is 2.16. The highest BCUT2D eigenvalue weighted by atomic mass is 16.6. The second kappa shape index (κ2) is 6.20. The van der Waals surface area contributed by atoms with Gasteiger partial charge in [-0.2, -0.15) is 5.10 Å². The molecule has 3 N–H and O–H groups in total. The van der Waals surface area contributed by atoms with Gasteiger partial charge in [-0.25, -0.2) is 10.1 Å². The van der Waals surface area contributed by atoms with E-state index in [0.717, 1.165) is 11.3 Å². The zero-order valence-electron chi connectivity index (χ0n) is 12.7. The Kier molecular flexibility index (Phi) is 3.93. The van der Waals surface area contributed by atoms with E-state index < -0.39 is 4.92 Å². The molecule has 10 nitrogen and oxygen atoms in total. The van der Waals surface area contributed by atoms with Crippen LogP contribution in [0.4, 0.5) is 11.6 Å². The Hall–Kier alpha value is -3.69. The number of hydrogen-bond donors (Lipinski definition) is 2. The van der Waals surface area contributed by atoms with Crippen LogP contribution in [0.25, 0.3) is 5.69 Å². The summed E-state index contributed by atoms with van der Waals surface area (Å²) in [5.41, 5.74) is 4.40. The quantitative estimate of drug-likeness (QED) is 0.316. The maximum atomic E-state index is 10.7. The minimum atomic E-state index is -0.429. The molecule has 0 saturated carbocycles. The molecule has 2 aromatic heterocycles. The topological polar surface area (TPSA) is 129 Å². The minimum Gasteiger partial charge on any atom is -0.335 e. The molecule has 122 valence electrons. The fraction of sp³-hybridized carbons (Fsp3) is 0.0714. The predicted molar refractivity (Wildman–Crippen MR) is 88.5 cm³/mol. The summed E-state index contributed by atoms with van der Waals surface area (Å²) < 4.78 is 3.13. The largest absolute Gasteiger partial charge is 0.335 e. The van der Waals surface area contributed by atoms with E-state index in [-0.39, 0.29) is 5.69 Å². The van der Waals surface area contributed by atoms with Crippen LogP contribution in [0.15, 0.2) is 47.8 Å².